The molecule has 1 saturated carbocycles. The van der Waals surface area contributed by atoms with Gasteiger partial charge in [0, 0.05) is 31.8 Å². The van der Waals surface area contributed by atoms with Gasteiger partial charge < -0.3 is 20.3 Å². The second-order valence-electron chi connectivity index (χ2n) is 7.39. The van der Waals surface area contributed by atoms with Gasteiger partial charge in [0.05, 0.1) is 0 Å². The van der Waals surface area contributed by atoms with E-state index in [1.54, 1.807) is 4.90 Å². The van der Waals surface area contributed by atoms with E-state index in [0.717, 1.165) is 12.8 Å². The largest absolute Gasteiger partial charge is 0.375 e. The summed E-state index contributed by atoms with van der Waals surface area (Å²) in [5, 5.41) is 5.78. The number of halogens is 1. The molecule has 2 aliphatic rings. The van der Waals surface area contributed by atoms with Crippen molar-refractivity contribution < 1.29 is 23.5 Å². The summed E-state index contributed by atoms with van der Waals surface area (Å²) < 4.78 is 18.0. The molecule has 1 unspecified atom stereocenters. The van der Waals surface area contributed by atoms with Crippen LogP contribution in [0.4, 0.5) is 4.39 Å². The molecule has 28 heavy (non-hydrogen) atoms. The van der Waals surface area contributed by atoms with E-state index in [4.69, 9.17) is 4.74 Å². The maximum atomic E-state index is 13.1. The van der Waals surface area contributed by atoms with E-state index in [1.807, 2.05) is 0 Å². The summed E-state index contributed by atoms with van der Waals surface area (Å²) in [4.78, 5) is 39.0. The van der Waals surface area contributed by atoms with Crippen LogP contribution in [0.25, 0.3) is 0 Å². The van der Waals surface area contributed by atoms with E-state index in [2.05, 4.69) is 10.6 Å². The van der Waals surface area contributed by atoms with Crippen molar-refractivity contribution in [3.63, 3.8) is 0 Å². The Bertz CT molecular complexity index is 713. The van der Waals surface area contributed by atoms with Crippen LogP contribution in [0, 0.1) is 11.7 Å². The first-order valence-corrected chi connectivity index (χ1v) is 9.61. The summed E-state index contributed by atoms with van der Waals surface area (Å²) >= 11 is 0. The average molecular weight is 391 g/mol. The van der Waals surface area contributed by atoms with Crippen molar-refractivity contribution in [2.45, 2.75) is 37.8 Å². The zero-order chi connectivity index (χ0) is 20.1. The molecule has 8 heteroatoms. The molecule has 1 aliphatic heterocycles. The summed E-state index contributed by atoms with van der Waals surface area (Å²) in [7, 11) is 1.48. The smallest absolute Gasteiger partial charge is 0.251 e. The molecule has 0 aromatic heterocycles. The molecule has 1 atom stereocenters. The number of likely N-dealkylation sites (tertiary alicyclic amines) is 1. The van der Waals surface area contributed by atoms with Gasteiger partial charge in [0.25, 0.3) is 5.91 Å². The van der Waals surface area contributed by atoms with Gasteiger partial charge in [-0.3, -0.25) is 14.4 Å². The number of hydrogen-bond donors (Lipinski definition) is 2. The Morgan fingerprint density at radius 2 is 1.79 bits per heavy atom. The molecule has 1 aromatic carbocycles. The molecular weight excluding hydrogens is 365 g/mol. The minimum atomic E-state index is -0.683. The molecule has 7 nitrogen and oxygen atoms in total. The third-order valence-corrected chi connectivity index (χ3v) is 5.23. The first-order chi connectivity index (χ1) is 13.5. The minimum Gasteiger partial charge on any atom is -0.375 e. The number of nitrogens with zero attached hydrogens (tertiary/aromatic N) is 1. The van der Waals surface area contributed by atoms with E-state index >= 15 is 0 Å². The van der Waals surface area contributed by atoms with Crippen molar-refractivity contribution in [1.82, 2.24) is 15.5 Å². The number of carbonyl (C=O) groups excluding carboxylic acids is 3. The van der Waals surface area contributed by atoms with Crippen molar-refractivity contribution in [1.29, 1.82) is 0 Å². The zero-order valence-electron chi connectivity index (χ0n) is 15.9. The van der Waals surface area contributed by atoms with Crippen molar-refractivity contribution in [3.05, 3.63) is 35.6 Å². The highest BCUT2D eigenvalue weighted by Gasteiger charge is 2.36. The summed E-state index contributed by atoms with van der Waals surface area (Å²) in [5.41, 5.74) is 0.304. The summed E-state index contributed by atoms with van der Waals surface area (Å²) in [6, 6.07) is 4.72. The van der Waals surface area contributed by atoms with E-state index in [1.165, 1.54) is 31.4 Å². The summed E-state index contributed by atoms with van der Waals surface area (Å²) in [5.74, 6) is -1.17. The fourth-order valence-electron chi connectivity index (χ4n) is 3.44. The lowest BCUT2D eigenvalue weighted by Crippen LogP contribution is -2.54. The maximum absolute atomic E-state index is 13.1. The maximum Gasteiger partial charge on any atom is 0.251 e. The first kappa shape index (κ1) is 20.3. The van der Waals surface area contributed by atoms with Crippen molar-refractivity contribution in [3.8, 4) is 0 Å². The number of hydrogen-bond acceptors (Lipinski definition) is 4. The Morgan fingerprint density at radius 3 is 2.36 bits per heavy atom. The van der Waals surface area contributed by atoms with E-state index in [9.17, 15) is 18.8 Å². The van der Waals surface area contributed by atoms with Gasteiger partial charge in [-0.25, -0.2) is 4.39 Å². The molecule has 1 heterocycles. The monoisotopic (exact) mass is 391 g/mol. The number of benzene rings is 1. The molecule has 1 aliphatic carbocycles. The van der Waals surface area contributed by atoms with Gasteiger partial charge in [0.1, 0.15) is 18.5 Å². The van der Waals surface area contributed by atoms with Crippen LogP contribution >= 0.6 is 0 Å². The fourth-order valence-corrected chi connectivity index (χ4v) is 3.44. The third-order valence-electron chi connectivity index (χ3n) is 5.23. The van der Waals surface area contributed by atoms with Gasteiger partial charge in [-0.15, -0.1) is 0 Å². The van der Waals surface area contributed by atoms with Gasteiger partial charge in [-0.05, 0) is 55.9 Å². The number of ether oxygens (including phenoxy) is 1. The lowest BCUT2D eigenvalue weighted by Gasteiger charge is -2.35. The topological polar surface area (TPSA) is 87.7 Å². The van der Waals surface area contributed by atoms with Gasteiger partial charge in [-0.2, -0.15) is 0 Å². The Labute approximate surface area is 163 Å². The number of nitrogens with one attached hydrogen (secondary N) is 2. The molecule has 0 radical (unpaired) electrons. The minimum absolute atomic E-state index is 0.0393. The Kier molecular flexibility index (Phi) is 6.61. The quantitative estimate of drug-likeness (QED) is 0.728. The summed E-state index contributed by atoms with van der Waals surface area (Å²) in [6.45, 7) is 1.08. The first-order valence-electron chi connectivity index (χ1n) is 9.61. The normalized spacial score (nSPS) is 18.4. The van der Waals surface area contributed by atoms with Gasteiger partial charge in [-0.1, -0.05) is 0 Å². The van der Waals surface area contributed by atoms with Crippen LogP contribution in [-0.2, 0) is 14.3 Å². The molecule has 3 amide bonds. The molecular formula is C20H26FN3O4. The lowest BCUT2D eigenvalue weighted by molar-refractivity contribution is -0.136. The van der Waals surface area contributed by atoms with Crippen LogP contribution in [0.15, 0.2) is 24.3 Å². The molecule has 1 saturated heterocycles. The molecule has 152 valence electrons. The van der Waals surface area contributed by atoms with Crippen LogP contribution in [0.2, 0.25) is 0 Å². The molecule has 0 spiro atoms. The van der Waals surface area contributed by atoms with Crippen molar-refractivity contribution in [2.75, 3.05) is 26.8 Å². The second-order valence-corrected chi connectivity index (χ2v) is 7.39. The second kappa shape index (κ2) is 9.14. The lowest BCUT2D eigenvalue weighted by atomic mass is 9.88. The number of carbonyl (C=O) groups is 3. The Morgan fingerprint density at radius 1 is 1.14 bits per heavy atom. The SMILES string of the molecule is COCC(=O)N1CCC(C(NC(=O)c2ccc(F)cc2)C(=O)NC2CC2)CC1. The van der Waals surface area contributed by atoms with Crippen molar-refractivity contribution in [2.24, 2.45) is 5.92 Å². The van der Waals surface area contributed by atoms with E-state index < -0.39 is 17.8 Å². The highest BCUT2D eigenvalue weighted by Crippen LogP contribution is 2.24. The Balaban J connectivity index is 1.65. The predicted octanol–water partition coefficient (Wildman–Crippen LogP) is 1.09. The number of methoxy groups -OCH3 is 1. The Hall–Kier alpha value is -2.48. The standard InChI is InChI=1S/C20H26FN3O4/c1-28-12-17(25)24-10-8-13(9-11-24)18(20(27)22-16-6-7-16)23-19(26)14-2-4-15(21)5-3-14/h2-5,13,16,18H,6-12H2,1H3,(H,22,27)(H,23,26). The highest BCUT2D eigenvalue weighted by atomic mass is 19.1. The fraction of sp³-hybridized carbons (Fsp3) is 0.550. The van der Waals surface area contributed by atoms with Crippen molar-refractivity contribution >= 4 is 17.7 Å². The number of rotatable bonds is 7. The van der Waals surface area contributed by atoms with Crippen LogP contribution in [0.5, 0.6) is 0 Å². The highest BCUT2D eigenvalue weighted by molar-refractivity contribution is 5.97. The third kappa shape index (κ3) is 5.28. The number of amides is 3. The zero-order valence-corrected chi connectivity index (χ0v) is 15.9. The molecule has 2 N–H and O–H groups in total. The molecule has 0 bridgehead atoms. The van der Waals surface area contributed by atoms with Crippen LogP contribution in [0.1, 0.15) is 36.0 Å². The van der Waals surface area contributed by atoms with E-state index in [-0.39, 0.29) is 30.4 Å². The molecule has 1 aromatic rings. The van der Waals surface area contributed by atoms with E-state index in [0.29, 0.717) is 31.5 Å². The van der Waals surface area contributed by atoms with Crippen LogP contribution in [0.3, 0.4) is 0 Å². The summed E-state index contributed by atoms with van der Waals surface area (Å²) in [6.07, 6.45) is 3.13. The molecule has 3 rings (SSSR count). The van der Waals surface area contributed by atoms with Gasteiger partial charge in [0.15, 0.2) is 0 Å². The van der Waals surface area contributed by atoms with Crippen LogP contribution in [-0.4, -0.2) is 61.5 Å². The molecule has 2 fully saturated rings. The number of piperidine rings is 1. The average Bonchev–Trinajstić information content (AvgIpc) is 3.50. The van der Waals surface area contributed by atoms with Gasteiger partial charge >= 0.3 is 0 Å². The van der Waals surface area contributed by atoms with Crippen LogP contribution < -0.4 is 10.6 Å². The van der Waals surface area contributed by atoms with Gasteiger partial charge in [0.2, 0.25) is 11.8 Å². The predicted molar refractivity (Wildman–Crippen MR) is 100.0 cm³/mol.